The number of aromatic amines is 1. The highest BCUT2D eigenvalue weighted by Crippen LogP contribution is 2.39. The number of H-pyrrole nitrogens is 1. The summed E-state index contributed by atoms with van der Waals surface area (Å²) >= 11 is 0. The van der Waals surface area contributed by atoms with E-state index >= 15 is 0 Å². The van der Waals surface area contributed by atoms with Crippen LogP contribution in [0, 0.1) is 6.92 Å². The van der Waals surface area contributed by atoms with Gasteiger partial charge in [-0.3, -0.25) is 9.98 Å². The number of nitrogens with zero attached hydrogens (tertiary/aromatic N) is 2. The molecule has 1 aromatic carbocycles. The van der Waals surface area contributed by atoms with Gasteiger partial charge in [-0.15, -0.1) is 0 Å². The fourth-order valence-corrected chi connectivity index (χ4v) is 3.54. The first-order chi connectivity index (χ1) is 17.9. The van der Waals surface area contributed by atoms with Crippen molar-refractivity contribution in [1.82, 2.24) is 15.3 Å². The molecule has 0 amide bonds. The first-order valence-corrected chi connectivity index (χ1v) is 13.9. The molecule has 0 atom stereocenters. The van der Waals surface area contributed by atoms with Gasteiger partial charge < -0.3 is 26.8 Å². The van der Waals surface area contributed by atoms with Gasteiger partial charge >= 0.3 is 5.69 Å². The molecule has 1 aliphatic carbocycles. The molecule has 0 unspecified atom stereocenters. The van der Waals surface area contributed by atoms with Gasteiger partial charge in [0, 0.05) is 12.6 Å². The number of fused-ring (bicyclic) bond motifs is 2. The Kier molecular flexibility index (Phi) is 19.3. The first-order valence-electron chi connectivity index (χ1n) is 13.9. The Morgan fingerprint density at radius 1 is 1.11 bits per heavy atom. The smallest absolute Gasteiger partial charge is 0.346 e. The van der Waals surface area contributed by atoms with Crippen molar-refractivity contribution in [2.24, 2.45) is 16.5 Å². The summed E-state index contributed by atoms with van der Waals surface area (Å²) in [6.45, 7) is 16.0. The molecule has 0 radical (unpaired) electrons. The molecule has 0 bridgehead atoms. The maximum atomic E-state index is 11.1. The molecule has 4 rings (SSSR count). The van der Waals surface area contributed by atoms with Crippen molar-refractivity contribution < 1.29 is 4.74 Å². The number of anilines is 2. The van der Waals surface area contributed by atoms with Crippen LogP contribution in [0.1, 0.15) is 92.1 Å². The lowest BCUT2D eigenvalue weighted by Gasteiger charge is -2.22. The second-order valence-electron chi connectivity index (χ2n) is 8.31. The van der Waals surface area contributed by atoms with Gasteiger partial charge in [-0.25, -0.2) is 4.79 Å². The molecule has 1 saturated carbocycles. The minimum absolute atomic E-state index is 0.197. The highest BCUT2D eigenvalue weighted by molar-refractivity contribution is 5.75. The molecule has 1 aromatic heterocycles. The second-order valence-corrected chi connectivity index (χ2v) is 8.31. The van der Waals surface area contributed by atoms with Crippen LogP contribution < -0.4 is 32.5 Å². The standard InChI is InChI=1S/C11H9N3O2.C10H22N4.C3H8.2C2H6/c1-6-2-3-8-7(4-6)13-10-9(16-8)5-12-11(15)14-10;11-10(12)14-8-4-7-13-9-5-2-1-3-6-9;1-3-2;2*1-2/h2-5H,1H3,(H2,12,13,14,15);9,13H,1-8H2,(H4,11,12,14);3H2,1-2H3;2*1-2H3. The van der Waals surface area contributed by atoms with E-state index < -0.39 is 5.69 Å². The lowest BCUT2D eigenvalue weighted by molar-refractivity contribution is 0.373. The third kappa shape index (κ3) is 14.3. The Bertz CT molecular complexity index is 934. The molecule has 9 heteroatoms. The van der Waals surface area contributed by atoms with Crippen LogP contribution in [0.25, 0.3) is 0 Å². The summed E-state index contributed by atoms with van der Waals surface area (Å²) < 4.78 is 5.59. The number of ether oxygens (including phenoxy) is 1. The quantitative estimate of drug-likeness (QED) is 0.159. The highest BCUT2D eigenvalue weighted by atomic mass is 16.5. The van der Waals surface area contributed by atoms with E-state index in [1.807, 2.05) is 52.8 Å². The minimum atomic E-state index is -0.397. The largest absolute Gasteiger partial charge is 0.450 e. The number of aliphatic imine (C=N–C) groups is 1. The van der Waals surface area contributed by atoms with Crippen LogP contribution >= 0.6 is 0 Å². The molecular weight excluding hydrogens is 466 g/mol. The zero-order valence-corrected chi connectivity index (χ0v) is 24.1. The molecule has 2 heterocycles. The Labute approximate surface area is 223 Å². The normalized spacial score (nSPS) is 12.8. The van der Waals surface area contributed by atoms with Crippen LogP contribution in [0.3, 0.4) is 0 Å². The molecule has 0 spiro atoms. The molecule has 2 aromatic rings. The summed E-state index contributed by atoms with van der Waals surface area (Å²) in [6, 6.07) is 6.54. The summed E-state index contributed by atoms with van der Waals surface area (Å²) in [5, 5.41) is 6.65. The summed E-state index contributed by atoms with van der Waals surface area (Å²) in [7, 11) is 0. The topological polar surface area (TPSA) is 143 Å². The molecule has 9 nitrogen and oxygen atoms in total. The van der Waals surface area contributed by atoms with E-state index in [-0.39, 0.29) is 5.96 Å². The van der Waals surface area contributed by atoms with Crippen LogP contribution in [0.2, 0.25) is 0 Å². The van der Waals surface area contributed by atoms with Gasteiger partial charge in [0.15, 0.2) is 23.3 Å². The lowest BCUT2D eigenvalue weighted by Crippen LogP contribution is -2.32. The SMILES string of the molecule is CC.CC.CCC.Cc1ccc2c(c1)Nc1[nH]c(=O)ncc1O2.NC(N)=NCCCNC1CCCCC1. The zero-order chi connectivity index (χ0) is 28.1. The van der Waals surface area contributed by atoms with E-state index in [0.717, 1.165) is 42.6 Å². The van der Waals surface area contributed by atoms with E-state index in [2.05, 4.69) is 39.4 Å². The van der Waals surface area contributed by atoms with Crippen LogP contribution in [0.5, 0.6) is 11.5 Å². The van der Waals surface area contributed by atoms with Crippen molar-refractivity contribution in [2.75, 3.05) is 18.4 Å². The van der Waals surface area contributed by atoms with Crippen LogP contribution in [0.4, 0.5) is 11.5 Å². The van der Waals surface area contributed by atoms with Gasteiger partial charge in [0.2, 0.25) is 0 Å². The molecule has 210 valence electrons. The van der Waals surface area contributed by atoms with Gasteiger partial charge in [0.25, 0.3) is 0 Å². The predicted octanol–water partition coefficient (Wildman–Crippen LogP) is 5.97. The lowest BCUT2D eigenvalue weighted by atomic mass is 9.95. The van der Waals surface area contributed by atoms with Crippen molar-refractivity contribution in [2.45, 2.75) is 99.5 Å². The number of aryl methyl sites for hydroxylation is 1. The van der Waals surface area contributed by atoms with E-state index in [4.69, 9.17) is 16.2 Å². The van der Waals surface area contributed by atoms with Crippen LogP contribution in [-0.2, 0) is 0 Å². The Morgan fingerprint density at radius 3 is 2.38 bits per heavy atom. The predicted molar refractivity (Wildman–Crippen MR) is 158 cm³/mol. The molecule has 37 heavy (non-hydrogen) atoms. The maximum absolute atomic E-state index is 11.1. The van der Waals surface area contributed by atoms with Gasteiger partial charge in [0.05, 0.1) is 11.9 Å². The van der Waals surface area contributed by atoms with Crippen LogP contribution in [0.15, 0.2) is 34.2 Å². The third-order valence-electron chi connectivity index (χ3n) is 5.06. The minimum Gasteiger partial charge on any atom is -0.450 e. The summed E-state index contributed by atoms with van der Waals surface area (Å²) in [5.74, 6) is 1.99. The Balaban J connectivity index is 0.000000569. The van der Waals surface area contributed by atoms with E-state index in [9.17, 15) is 4.79 Å². The summed E-state index contributed by atoms with van der Waals surface area (Å²) in [5.41, 5.74) is 12.0. The first kappa shape index (κ1) is 33.9. The third-order valence-corrected chi connectivity index (χ3v) is 5.06. The number of benzene rings is 1. The summed E-state index contributed by atoms with van der Waals surface area (Å²) in [6.07, 6.45) is 10.5. The number of nitrogens with one attached hydrogen (secondary N) is 3. The number of hydrogen-bond acceptors (Lipinski definition) is 6. The number of hydrogen-bond donors (Lipinski definition) is 5. The van der Waals surface area contributed by atoms with E-state index in [1.165, 1.54) is 44.7 Å². The zero-order valence-electron chi connectivity index (χ0n) is 24.1. The van der Waals surface area contributed by atoms with Gasteiger partial charge in [0.1, 0.15) is 0 Å². The fraction of sp³-hybridized carbons (Fsp3) is 0.607. The molecular formula is C28H51N7O2. The Hall–Kier alpha value is -3.07. The number of rotatable bonds is 5. The average molecular weight is 518 g/mol. The van der Waals surface area contributed by atoms with Crippen molar-refractivity contribution >= 4 is 17.5 Å². The van der Waals surface area contributed by atoms with Crippen molar-refractivity contribution in [3.63, 3.8) is 0 Å². The number of guanidine groups is 1. The molecule has 7 N–H and O–H groups in total. The molecule has 1 aliphatic heterocycles. The highest BCUT2D eigenvalue weighted by Gasteiger charge is 2.17. The van der Waals surface area contributed by atoms with E-state index in [1.54, 1.807) is 0 Å². The van der Waals surface area contributed by atoms with Gasteiger partial charge in [-0.1, -0.05) is 73.3 Å². The maximum Gasteiger partial charge on any atom is 0.346 e. The van der Waals surface area contributed by atoms with E-state index in [0.29, 0.717) is 11.6 Å². The average Bonchev–Trinajstić information content (AvgIpc) is 2.91. The molecule has 0 saturated heterocycles. The molecule has 1 fully saturated rings. The monoisotopic (exact) mass is 517 g/mol. The molecule has 2 aliphatic rings. The van der Waals surface area contributed by atoms with Gasteiger partial charge in [-0.2, -0.15) is 4.98 Å². The van der Waals surface area contributed by atoms with Crippen molar-refractivity contribution in [3.8, 4) is 11.5 Å². The number of aromatic nitrogens is 2. The van der Waals surface area contributed by atoms with Crippen molar-refractivity contribution in [3.05, 3.63) is 40.4 Å². The fourth-order valence-electron chi connectivity index (χ4n) is 3.54. The number of nitrogens with two attached hydrogens (primary N) is 2. The van der Waals surface area contributed by atoms with Gasteiger partial charge in [-0.05, 0) is 50.4 Å². The van der Waals surface area contributed by atoms with Crippen molar-refractivity contribution in [1.29, 1.82) is 0 Å². The second kappa shape index (κ2) is 21.1. The van der Waals surface area contributed by atoms with Crippen LogP contribution in [-0.4, -0.2) is 35.1 Å². The summed E-state index contributed by atoms with van der Waals surface area (Å²) in [4.78, 5) is 21.2. The Morgan fingerprint density at radius 2 is 1.76 bits per heavy atom.